The molecular weight excluding hydrogens is 294 g/mol. The van der Waals surface area contributed by atoms with Crippen LogP contribution in [0.25, 0.3) is 0 Å². The maximum absolute atomic E-state index is 11.9. The summed E-state index contributed by atoms with van der Waals surface area (Å²) >= 11 is 1.18. The van der Waals surface area contributed by atoms with E-state index < -0.39 is 10.8 Å². The molecule has 4 nitrogen and oxygen atoms in total. The predicted molar refractivity (Wildman–Crippen MR) is 81.5 cm³/mol. The number of hydrogen-bond donors (Lipinski definition) is 2. The van der Waals surface area contributed by atoms with Crippen molar-refractivity contribution in [2.45, 2.75) is 5.75 Å². The van der Waals surface area contributed by atoms with Crippen LogP contribution in [0.3, 0.4) is 0 Å². The summed E-state index contributed by atoms with van der Waals surface area (Å²) in [7, 11) is -0.999. The van der Waals surface area contributed by atoms with Crippen LogP contribution >= 0.6 is 11.3 Å². The van der Waals surface area contributed by atoms with Crippen LogP contribution in [-0.2, 0) is 16.6 Å². The van der Waals surface area contributed by atoms with Crippen LogP contribution in [0.5, 0.6) is 5.75 Å². The molecule has 2 N–H and O–H groups in total. The summed E-state index contributed by atoms with van der Waals surface area (Å²) < 4.78 is 11.9. The first-order valence-corrected chi connectivity index (χ1v) is 8.46. The quantitative estimate of drug-likeness (QED) is 0.859. The summed E-state index contributed by atoms with van der Waals surface area (Å²) in [5.41, 5.74) is 1.03. The number of carbonyl (C=O) groups is 1. The van der Waals surface area contributed by atoms with Gasteiger partial charge in [-0.15, -0.1) is 11.3 Å². The Hall–Kier alpha value is -1.66. The van der Waals surface area contributed by atoms with E-state index in [1.165, 1.54) is 22.8 Å². The second-order valence-corrected chi connectivity index (χ2v) is 6.69. The average Bonchev–Trinajstić information content (AvgIpc) is 2.86. The van der Waals surface area contributed by atoms with Crippen molar-refractivity contribution in [3.63, 3.8) is 0 Å². The molecule has 106 valence electrons. The summed E-state index contributed by atoms with van der Waals surface area (Å²) in [6, 6.07) is 11.0. The summed E-state index contributed by atoms with van der Waals surface area (Å²) in [4.78, 5) is 12.1. The van der Waals surface area contributed by atoms with Gasteiger partial charge in [0.2, 0.25) is 0 Å². The molecule has 0 aliphatic carbocycles. The fourth-order valence-corrected chi connectivity index (χ4v) is 3.37. The molecule has 6 heteroatoms. The number of rotatable bonds is 6. The van der Waals surface area contributed by atoms with Crippen LogP contribution in [0.4, 0.5) is 0 Å². The van der Waals surface area contributed by atoms with Crippen molar-refractivity contribution in [1.29, 1.82) is 0 Å². The maximum atomic E-state index is 11.9. The monoisotopic (exact) mass is 309 g/mol. The Morgan fingerprint density at radius 2 is 2.05 bits per heavy atom. The molecular formula is C14H15NO3S2. The van der Waals surface area contributed by atoms with E-state index in [1.54, 1.807) is 0 Å². The van der Waals surface area contributed by atoms with Gasteiger partial charge in [-0.3, -0.25) is 9.00 Å². The SMILES string of the molecule is O=C(NCC[S@@](=O)Cc1ccccc1)c1cc(O)cs1. The Balaban J connectivity index is 1.73. The van der Waals surface area contributed by atoms with Gasteiger partial charge in [0.05, 0.1) is 4.88 Å². The molecule has 1 aromatic heterocycles. The van der Waals surface area contributed by atoms with Crippen molar-refractivity contribution in [3.05, 3.63) is 52.2 Å². The van der Waals surface area contributed by atoms with Crippen LogP contribution in [0.15, 0.2) is 41.8 Å². The van der Waals surface area contributed by atoms with E-state index >= 15 is 0 Å². The van der Waals surface area contributed by atoms with Gasteiger partial charge >= 0.3 is 0 Å². The molecule has 2 aromatic rings. The van der Waals surface area contributed by atoms with E-state index in [-0.39, 0.29) is 11.7 Å². The molecule has 0 unspecified atom stereocenters. The van der Waals surface area contributed by atoms with E-state index in [4.69, 9.17) is 5.11 Å². The van der Waals surface area contributed by atoms with E-state index in [9.17, 15) is 9.00 Å². The van der Waals surface area contributed by atoms with Gasteiger partial charge in [-0.25, -0.2) is 0 Å². The number of carbonyl (C=O) groups excluding carboxylic acids is 1. The Morgan fingerprint density at radius 3 is 2.70 bits per heavy atom. The zero-order valence-electron chi connectivity index (χ0n) is 10.7. The number of nitrogens with one attached hydrogen (secondary N) is 1. The molecule has 0 bridgehead atoms. The van der Waals surface area contributed by atoms with Gasteiger partial charge in [0.25, 0.3) is 5.91 Å². The van der Waals surface area contributed by atoms with Crippen molar-refractivity contribution < 1.29 is 14.1 Å². The highest BCUT2D eigenvalue weighted by molar-refractivity contribution is 7.84. The number of amides is 1. The highest BCUT2D eigenvalue weighted by Crippen LogP contribution is 2.19. The van der Waals surface area contributed by atoms with Gasteiger partial charge in [0.15, 0.2) is 0 Å². The molecule has 0 fully saturated rings. The largest absolute Gasteiger partial charge is 0.507 e. The summed E-state index contributed by atoms with van der Waals surface area (Å²) in [5.74, 6) is 0.758. The number of hydrogen-bond acceptors (Lipinski definition) is 4. The molecule has 0 saturated carbocycles. The standard InChI is InChI=1S/C14H15NO3S2/c16-12-8-13(19-9-12)14(17)15-6-7-20(18)10-11-4-2-1-3-5-11/h1-5,8-9,16H,6-7,10H2,(H,15,17)/t20-/m1/s1. The molecule has 0 spiro atoms. The topological polar surface area (TPSA) is 66.4 Å². The number of thiophene rings is 1. The number of benzene rings is 1. The number of aromatic hydroxyl groups is 1. The van der Waals surface area contributed by atoms with E-state index in [0.717, 1.165) is 5.56 Å². The zero-order valence-corrected chi connectivity index (χ0v) is 12.4. The lowest BCUT2D eigenvalue weighted by Crippen LogP contribution is -2.27. The molecule has 20 heavy (non-hydrogen) atoms. The van der Waals surface area contributed by atoms with E-state index in [2.05, 4.69) is 5.32 Å². The Labute approximate surface area is 123 Å². The van der Waals surface area contributed by atoms with Crippen molar-refractivity contribution >= 4 is 28.0 Å². The molecule has 1 aromatic carbocycles. The molecule has 0 aliphatic heterocycles. The summed E-state index contributed by atoms with van der Waals surface area (Å²) in [6.45, 7) is 0.358. The maximum Gasteiger partial charge on any atom is 0.261 e. The Kier molecular flexibility index (Phi) is 5.31. The van der Waals surface area contributed by atoms with Gasteiger partial charge in [-0.2, -0.15) is 0 Å². The lowest BCUT2D eigenvalue weighted by Gasteiger charge is -2.04. The Morgan fingerprint density at radius 1 is 1.30 bits per heavy atom. The van der Waals surface area contributed by atoms with Crippen molar-refractivity contribution in [2.75, 3.05) is 12.3 Å². The van der Waals surface area contributed by atoms with Crippen LogP contribution in [0.1, 0.15) is 15.2 Å². The predicted octanol–water partition coefficient (Wildman–Crippen LogP) is 2.13. The average molecular weight is 309 g/mol. The van der Waals surface area contributed by atoms with Crippen molar-refractivity contribution in [1.82, 2.24) is 5.32 Å². The lowest BCUT2D eigenvalue weighted by molar-refractivity contribution is 0.0960. The summed E-state index contributed by atoms with van der Waals surface area (Å²) in [6.07, 6.45) is 0. The van der Waals surface area contributed by atoms with Crippen LogP contribution in [0, 0.1) is 0 Å². The molecule has 0 saturated heterocycles. The van der Waals surface area contributed by atoms with Crippen molar-refractivity contribution in [2.24, 2.45) is 0 Å². The minimum Gasteiger partial charge on any atom is -0.507 e. The lowest BCUT2D eigenvalue weighted by atomic mass is 10.2. The third-order valence-electron chi connectivity index (χ3n) is 2.60. The second kappa shape index (κ2) is 7.21. The van der Waals surface area contributed by atoms with Gasteiger partial charge in [0.1, 0.15) is 5.75 Å². The molecule has 1 amide bonds. The molecule has 2 rings (SSSR count). The van der Waals surface area contributed by atoms with Gasteiger partial charge in [-0.1, -0.05) is 30.3 Å². The first kappa shape index (κ1) is 14.7. The van der Waals surface area contributed by atoms with Crippen LogP contribution < -0.4 is 5.32 Å². The van der Waals surface area contributed by atoms with E-state index in [1.807, 2.05) is 30.3 Å². The third kappa shape index (κ3) is 4.47. The minimum atomic E-state index is -0.999. The molecule has 0 radical (unpaired) electrons. The highest BCUT2D eigenvalue weighted by atomic mass is 32.2. The zero-order chi connectivity index (χ0) is 14.4. The van der Waals surface area contributed by atoms with Gasteiger partial charge in [0, 0.05) is 40.3 Å². The second-order valence-electron chi connectivity index (χ2n) is 4.20. The first-order valence-electron chi connectivity index (χ1n) is 6.10. The minimum absolute atomic E-state index is 0.0906. The summed E-state index contributed by atoms with van der Waals surface area (Å²) in [5, 5.41) is 13.4. The molecule has 1 heterocycles. The third-order valence-corrected chi connectivity index (χ3v) is 4.83. The van der Waals surface area contributed by atoms with Crippen LogP contribution in [-0.4, -0.2) is 27.5 Å². The normalized spacial score (nSPS) is 12.0. The highest BCUT2D eigenvalue weighted by Gasteiger charge is 2.09. The van der Waals surface area contributed by atoms with Gasteiger partial charge in [-0.05, 0) is 5.56 Å². The van der Waals surface area contributed by atoms with E-state index in [0.29, 0.717) is 22.9 Å². The van der Waals surface area contributed by atoms with Crippen molar-refractivity contribution in [3.8, 4) is 5.75 Å². The first-order chi connectivity index (χ1) is 9.65. The smallest absolute Gasteiger partial charge is 0.261 e. The molecule has 1 atom stereocenters. The fourth-order valence-electron chi connectivity index (χ4n) is 1.64. The fraction of sp³-hybridized carbons (Fsp3) is 0.214. The molecule has 0 aliphatic rings. The van der Waals surface area contributed by atoms with Crippen LogP contribution in [0.2, 0.25) is 0 Å². The van der Waals surface area contributed by atoms with Gasteiger partial charge < -0.3 is 10.4 Å². The Bertz CT molecular complexity index is 595.